The number of ether oxygens (including phenoxy) is 1. The Kier molecular flexibility index (Phi) is 4.57. The van der Waals surface area contributed by atoms with E-state index in [1.165, 1.54) is 12.8 Å². The zero-order valence-electron chi connectivity index (χ0n) is 9.40. The van der Waals surface area contributed by atoms with Gasteiger partial charge in [-0.15, -0.1) is 0 Å². The van der Waals surface area contributed by atoms with E-state index in [-0.39, 0.29) is 18.4 Å². The summed E-state index contributed by atoms with van der Waals surface area (Å²) in [7, 11) is 1.62. The van der Waals surface area contributed by atoms with Crippen LogP contribution in [0.5, 0.6) is 0 Å². The van der Waals surface area contributed by atoms with Crippen molar-refractivity contribution in [1.82, 2.24) is 4.90 Å². The predicted octanol–water partition coefficient (Wildman–Crippen LogP) is 1.17. The molecule has 15 heavy (non-hydrogen) atoms. The molecule has 0 aromatic heterocycles. The number of carbonyl (C=O) groups excluding carboxylic acids is 1. The Morgan fingerprint density at radius 1 is 1.67 bits per heavy atom. The van der Waals surface area contributed by atoms with Crippen molar-refractivity contribution in [3.63, 3.8) is 0 Å². The molecule has 1 aliphatic rings. The molecule has 1 fully saturated rings. The van der Waals surface area contributed by atoms with Crippen LogP contribution in [0.2, 0.25) is 0 Å². The molecule has 0 radical (unpaired) electrons. The maximum atomic E-state index is 11.7. The number of hydrogen-bond acceptors (Lipinski definition) is 3. The van der Waals surface area contributed by atoms with Gasteiger partial charge in [0.05, 0.1) is 12.7 Å². The van der Waals surface area contributed by atoms with E-state index < -0.39 is 0 Å². The predicted molar refractivity (Wildman–Crippen MR) is 56.0 cm³/mol. The van der Waals surface area contributed by atoms with Crippen LogP contribution in [0.25, 0.3) is 0 Å². The molecule has 84 valence electrons. The fourth-order valence-corrected chi connectivity index (χ4v) is 1.75. The SMILES string of the molecule is COCCN(C(=O)CC#N)C(C)C1CC1. The van der Waals surface area contributed by atoms with E-state index in [9.17, 15) is 4.79 Å². The third kappa shape index (κ3) is 3.52. The van der Waals surface area contributed by atoms with E-state index >= 15 is 0 Å². The summed E-state index contributed by atoms with van der Waals surface area (Å²) >= 11 is 0. The van der Waals surface area contributed by atoms with Crippen LogP contribution in [-0.4, -0.2) is 37.1 Å². The molecule has 0 heterocycles. The van der Waals surface area contributed by atoms with E-state index in [1.807, 2.05) is 6.07 Å². The van der Waals surface area contributed by atoms with Gasteiger partial charge >= 0.3 is 0 Å². The second-order valence-electron chi connectivity index (χ2n) is 3.99. The first-order valence-corrected chi connectivity index (χ1v) is 5.36. The molecule has 0 aromatic rings. The molecule has 0 spiro atoms. The Labute approximate surface area is 90.8 Å². The standard InChI is InChI=1S/C11H18N2O2/c1-9(10-3-4-10)13(7-8-15-2)11(14)5-6-12/h9-10H,3-5,7-8H2,1-2H3. The van der Waals surface area contributed by atoms with E-state index in [0.29, 0.717) is 19.1 Å². The molecule has 0 saturated heterocycles. The average molecular weight is 210 g/mol. The zero-order chi connectivity index (χ0) is 11.3. The number of nitrogens with zero attached hydrogens (tertiary/aromatic N) is 2. The number of carbonyl (C=O) groups is 1. The maximum Gasteiger partial charge on any atom is 0.237 e. The summed E-state index contributed by atoms with van der Waals surface area (Å²) in [4.78, 5) is 13.5. The molecule has 1 aliphatic carbocycles. The Morgan fingerprint density at radius 3 is 2.80 bits per heavy atom. The Balaban J connectivity index is 2.51. The third-order valence-electron chi connectivity index (χ3n) is 2.88. The van der Waals surface area contributed by atoms with Crippen LogP contribution in [0, 0.1) is 17.2 Å². The Bertz CT molecular complexity index is 256. The Hall–Kier alpha value is -1.08. The molecule has 1 unspecified atom stereocenters. The monoisotopic (exact) mass is 210 g/mol. The minimum absolute atomic E-state index is 0.0270. The molecular formula is C11H18N2O2. The van der Waals surface area contributed by atoms with Crippen LogP contribution < -0.4 is 0 Å². The Morgan fingerprint density at radius 2 is 2.33 bits per heavy atom. The molecule has 4 heteroatoms. The molecule has 4 nitrogen and oxygen atoms in total. The number of methoxy groups -OCH3 is 1. The molecule has 0 aliphatic heterocycles. The molecule has 0 N–H and O–H groups in total. The quantitative estimate of drug-likeness (QED) is 0.661. The van der Waals surface area contributed by atoms with Crippen molar-refractivity contribution in [3.8, 4) is 6.07 Å². The van der Waals surface area contributed by atoms with Gasteiger partial charge in [0, 0.05) is 19.7 Å². The highest BCUT2D eigenvalue weighted by Crippen LogP contribution is 2.35. The van der Waals surface area contributed by atoms with Crippen molar-refractivity contribution in [2.45, 2.75) is 32.2 Å². The second kappa shape index (κ2) is 5.72. The highest BCUT2D eigenvalue weighted by Gasteiger charge is 2.33. The number of amides is 1. The lowest BCUT2D eigenvalue weighted by Crippen LogP contribution is -2.41. The molecule has 1 rings (SSSR count). The van der Waals surface area contributed by atoms with Gasteiger partial charge in [0.25, 0.3) is 0 Å². The highest BCUT2D eigenvalue weighted by atomic mass is 16.5. The van der Waals surface area contributed by atoms with Gasteiger partial charge in [0.15, 0.2) is 0 Å². The first-order valence-electron chi connectivity index (χ1n) is 5.36. The third-order valence-corrected chi connectivity index (χ3v) is 2.88. The van der Waals surface area contributed by atoms with Gasteiger partial charge in [-0.1, -0.05) is 0 Å². The summed E-state index contributed by atoms with van der Waals surface area (Å²) < 4.78 is 4.97. The smallest absolute Gasteiger partial charge is 0.237 e. The summed E-state index contributed by atoms with van der Waals surface area (Å²) in [6.07, 6.45) is 2.37. The van der Waals surface area contributed by atoms with Crippen molar-refractivity contribution in [1.29, 1.82) is 5.26 Å². The van der Waals surface area contributed by atoms with Gasteiger partial charge in [-0.3, -0.25) is 4.79 Å². The molecule has 1 amide bonds. The number of hydrogen-bond donors (Lipinski definition) is 0. The first kappa shape index (κ1) is 12.0. The molecule has 1 saturated carbocycles. The lowest BCUT2D eigenvalue weighted by molar-refractivity contribution is -0.133. The van der Waals surface area contributed by atoms with Gasteiger partial charge in [-0.2, -0.15) is 5.26 Å². The van der Waals surface area contributed by atoms with Crippen molar-refractivity contribution in [2.75, 3.05) is 20.3 Å². The van der Waals surface area contributed by atoms with Crippen molar-refractivity contribution >= 4 is 5.91 Å². The second-order valence-corrected chi connectivity index (χ2v) is 3.99. The summed E-state index contributed by atoms with van der Waals surface area (Å²) in [6, 6.07) is 2.16. The molecule has 0 aromatic carbocycles. The van der Waals surface area contributed by atoms with Gasteiger partial charge in [-0.25, -0.2) is 0 Å². The summed E-state index contributed by atoms with van der Waals surface area (Å²) in [5, 5.41) is 8.52. The number of rotatable bonds is 6. The van der Waals surface area contributed by atoms with Crippen LogP contribution in [0.4, 0.5) is 0 Å². The van der Waals surface area contributed by atoms with Gasteiger partial charge in [0.2, 0.25) is 5.91 Å². The highest BCUT2D eigenvalue weighted by molar-refractivity contribution is 5.78. The van der Waals surface area contributed by atoms with Crippen molar-refractivity contribution in [3.05, 3.63) is 0 Å². The van der Waals surface area contributed by atoms with E-state index in [1.54, 1.807) is 12.0 Å². The van der Waals surface area contributed by atoms with Crippen molar-refractivity contribution in [2.24, 2.45) is 5.92 Å². The largest absolute Gasteiger partial charge is 0.383 e. The topological polar surface area (TPSA) is 53.3 Å². The fraction of sp³-hybridized carbons (Fsp3) is 0.818. The van der Waals surface area contributed by atoms with E-state index in [4.69, 9.17) is 10.00 Å². The first-order chi connectivity index (χ1) is 7.20. The normalized spacial score (nSPS) is 16.9. The van der Waals surface area contributed by atoms with E-state index in [0.717, 1.165) is 0 Å². The van der Waals surface area contributed by atoms with Crippen LogP contribution in [0.1, 0.15) is 26.2 Å². The lowest BCUT2D eigenvalue weighted by Gasteiger charge is -2.28. The minimum Gasteiger partial charge on any atom is -0.383 e. The van der Waals surface area contributed by atoms with Crippen LogP contribution in [0.15, 0.2) is 0 Å². The minimum atomic E-state index is -0.0750. The van der Waals surface area contributed by atoms with Gasteiger partial charge < -0.3 is 9.64 Å². The van der Waals surface area contributed by atoms with Crippen LogP contribution in [0.3, 0.4) is 0 Å². The van der Waals surface area contributed by atoms with Crippen molar-refractivity contribution < 1.29 is 9.53 Å². The summed E-state index contributed by atoms with van der Waals surface area (Å²) in [5.41, 5.74) is 0. The maximum absolute atomic E-state index is 11.7. The number of nitriles is 1. The molecular weight excluding hydrogens is 192 g/mol. The molecule has 1 atom stereocenters. The fourth-order valence-electron chi connectivity index (χ4n) is 1.75. The van der Waals surface area contributed by atoms with Gasteiger partial charge in [-0.05, 0) is 25.7 Å². The zero-order valence-corrected chi connectivity index (χ0v) is 9.40. The van der Waals surface area contributed by atoms with E-state index in [2.05, 4.69) is 6.92 Å². The average Bonchev–Trinajstić information content (AvgIpc) is 3.01. The van der Waals surface area contributed by atoms with Gasteiger partial charge in [0.1, 0.15) is 6.42 Å². The molecule has 0 bridgehead atoms. The lowest BCUT2D eigenvalue weighted by atomic mass is 10.1. The van der Waals surface area contributed by atoms with Crippen LogP contribution >= 0.6 is 0 Å². The summed E-state index contributed by atoms with van der Waals surface area (Å²) in [5.74, 6) is 0.554. The summed E-state index contributed by atoms with van der Waals surface area (Å²) in [6.45, 7) is 3.19. The van der Waals surface area contributed by atoms with Crippen LogP contribution in [-0.2, 0) is 9.53 Å².